The molecule has 0 N–H and O–H groups in total. The van der Waals surface area contributed by atoms with E-state index in [0.717, 1.165) is 44.1 Å². The Morgan fingerprint density at radius 3 is 2.37 bits per heavy atom. The predicted octanol–water partition coefficient (Wildman–Crippen LogP) is 4.52. The molecule has 12 heteroatoms. The minimum atomic E-state index is -0.733. The molecular formula is C29H38ClFN6O4. The number of piperazine rings is 1. The van der Waals surface area contributed by atoms with Gasteiger partial charge in [-0.3, -0.25) is 4.90 Å². The fourth-order valence-electron chi connectivity index (χ4n) is 7.05. The summed E-state index contributed by atoms with van der Waals surface area (Å²) in [6, 6.07) is -0.000773. The van der Waals surface area contributed by atoms with Gasteiger partial charge in [-0.2, -0.15) is 15.0 Å². The Labute approximate surface area is 244 Å². The summed E-state index contributed by atoms with van der Waals surface area (Å²) < 4.78 is 32.9. The van der Waals surface area contributed by atoms with Gasteiger partial charge in [-0.25, -0.2) is 9.18 Å². The Morgan fingerprint density at radius 2 is 1.76 bits per heavy atom. The largest absolute Gasteiger partial charge is 0.480 e. The number of carbonyl (C=O) groups is 1. The van der Waals surface area contributed by atoms with Crippen LogP contribution in [0, 0.1) is 23.1 Å². The number of amides is 1. The van der Waals surface area contributed by atoms with Crippen LogP contribution in [0.2, 0.25) is 5.15 Å². The van der Waals surface area contributed by atoms with Crippen molar-refractivity contribution in [2.75, 3.05) is 51.3 Å². The molecule has 2 aromatic heterocycles. The van der Waals surface area contributed by atoms with Gasteiger partial charge in [0.05, 0.1) is 25.8 Å². The molecule has 3 saturated heterocycles. The standard InChI is InChI=1S/C29H38ClFN6O4/c1-28(2,3)41-27(38)37-18-5-6-19(37)13-36(12-18)24-20-22(21(31)23(30)33-25(20)39-4)32-26(34-24)40-15-29(7-8-29)14-35-10-16-9-17(16)11-35/h16-19H,5-15H2,1-4H3. The van der Waals surface area contributed by atoms with Gasteiger partial charge in [-0.05, 0) is 64.7 Å². The van der Waals surface area contributed by atoms with E-state index in [1.54, 1.807) is 0 Å². The highest BCUT2D eigenvalue weighted by Crippen LogP contribution is 2.51. The summed E-state index contributed by atoms with van der Waals surface area (Å²) in [6.07, 6.45) is 4.99. The van der Waals surface area contributed by atoms with Crippen LogP contribution in [0.15, 0.2) is 0 Å². The lowest BCUT2D eigenvalue weighted by Crippen LogP contribution is -2.57. The highest BCUT2D eigenvalue weighted by molar-refractivity contribution is 6.30. The predicted molar refractivity (Wildman–Crippen MR) is 151 cm³/mol. The third-order valence-electron chi connectivity index (χ3n) is 9.33. The van der Waals surface area contributed by atoms with Crippen LogP contribution in [0.5, 0.6) is 11.9 Å². The zero-order valence-corrected chi connectivity index (χ0v) is 24.9. The summed E-state index contributed by atoms with van der Waals surface area (Å²) in [5.74, 6) is 1.68. The van der Waals surface area contributed by atoms with Gasteiger partial charge in [-0.1, -0.05) is 11.6 Å². The van der Waals surface area contributed by atoms with Crippen molar-refractivity contribution in [2.24, 2.45) is 17.3 Å². The Balaban J connectivity index is 1.17. The van der Waals surface area contributed by atoms with Crippen molar-refractivity contribution in [1.29, 1.82) is 0 Å². The SMILES string of the molecule is COc1nc(Cl)c(F)c2nc(OCC3(CN4CC5CC5C4)CC3)nc(N3CC4CCC(C3)N4C(=O)OC(C)(C)C)c12. The van der Waals surface area contributed by atoms with Crippen molar-refractivity contribution < 1.29 is 23.4 Å². The van der Waals surface area contributed by atoms with Crippen LogP contribution in [-0.2, 0) is 4.74 Å². The number of aromatic nitrogens is 3. The molecule has 222 valence electrons. The van der Waals surface area contributed by atoms with Gasteiger partial charge < -0.3 is 24.0 Å². The van der Waals surface area contributed by atoms with Crippen LogP contribution in [0.3, 0.4) is 0 Å². The van der Waals surface area contributed by atoms with Crippen LogP contribution in [0.4, 0.5) is 15.0 Å². The molecule has 2 aliphatic carbocycles. The molecule has 3 aliphatic heterocycles. The monoisotopic (exact) mass is 588 g/mol. The average molecular weight is 589 g/mol. The molecule has 0 radical (unpaired) electrons. The van der Waals surface area contributed by atoms with Crippen molar-refractivity contribution in [1.82, 2.24) is 24.8 Å². The summed E-state index contributed by atoms with van der Waals surface area (Å²) in [6.45, 7) is 10.5. The molecule has 4 atom stereocenters. The van der Waals surface area contributed by atoms with E-state index < -0.39 is 11.4 Å². The smallest absolute Gasteiger partial charge is 0.410 e. The van der Waals surface area contributed by atoms with E-state index >= 15 is 4.39 Å². The first-order valence-corrected chi connectivity index (χ1v) is 15.1. The second-order valence-electron chi connectivity index (χ2n) is 13.7. The van der Waals surface area contributed by atoms with Crippen molar-refractivity contribution in [2.45, 2.75) is 70.6 Å². The lowest BCUT2D eigenvalue weighted by atomic mass is 10.1. The third kappa shape index (κ3) is 5.13. The maximum Gasteiger partial charge on any atom is 0.410 e. The lowest BCUT2D eigenvalue weighted by Gasteiger charge is -2.42. The van der Waals surface area contributed by atoms with Crippen molar-refractivity contribution in [3.63, 3.8) is 0 Å². The number of likely N-dealkylation sites (tertiary alicyclic amines) is 1. The quantitative estimate of drug-likeness (QED) is 0.433. The zero-order valence-electron chi connectivity index (χ0n) is 24.2. The number of fused-ring (bicyclic) bond motifs is 4. The maximum atomic E-state index is 15.4. The molecular weight excluding hydrogens is 551 g/mol. The molecule has 2 saturated carbocycles. The van der Waals surface area contributed by atoms with Gasteiger partial charge in [0, 0.05) is 38.1 Å². The minimum absolute atomic E-state index is 0.0215. The molecule has 41 heavy (non-hydrogen) atoms. The number of hydrogen-bond acceptors (Lipinski definition) is 9. The van der Waals surface area contributed by atoms with Crippen LogP contribution < -0.4 is 14.4 Å². The molecule has 2 aromatic rings. The second kappa shape index (κ2) is 9.69. The number of nitrogens with zero attached hydrogens (tertiary/aromatic N) is 6. The van der Waals surface area contributed by atoms with E-state index in [4.69, 9.17) is 30.8 Å². The Hall–Kier alpha value is -2.66. The molecule has 5 fully saturated rings. The fourth-order valence-corrected chi connectivity index (χ4v) is 7.21. The molecule has 2 bridgehead atoms. The molecule has 0 aromatic carbocycles. The van der Waals surface area contributed by atoms with Crippen LogP contribution in [0.1, 0.15) is 52.9 Å². The summed E-state index contributed by atoms with van der Waals surface area (Å²) in [7, 11) is 1.47. The first-order chi connectivity index (χ1) is 19.5. The van der Waals surface area contributed by atoms with E-state index in [2.05, 4.69) is 19.8 Å². The number of pyridine rings is 1. The first-order valence-electron chi connectivity index (χ1n) is 14.7. The van der Waals surface area contributed by atoms with Crippen LogP contribution in [0.25, 0.3) is 10.9 Å². The first kappa shape index (κ1) is 27.2. The molecule has 10 nitrogen and oxygen atoms in total. The number of piperidine rings is 1. The van der Waals surface area contributed by atoms with E-state index in [0.29, 0.717) is 30.9 Å². The maximum absolute atomic E-state index is 15.4. The van der Waals surface area contributed by atoms with E-state index in [-0.39, 0.29) is 46.2 Å². The third-order valence-corrected chi connectivity index (χ3v) is 9.58. The summed E-state index contributed by atoms with van der Waals surface area (Å²) >= 11 is 6.15. The number of halogens is 2. The highest BCUT2D eigenvalue weighted by atomic mass is 35.5. The van der Waals surface area contributed by atoms with Gasteiger partial charge in [0.15, 0.2) is 11.0 Å². The van der Waals surface area contributed by atoms with Crippen molar-refractivity contribution in [3.8, 4) is 11.9 Å². The normalized spacial score (nSPS) is 28.1. The van der Waals surface area contributed by atoms with E-state index in [9.17, 15) is 4.79 Å². The van der Waals surface area contributed by atoms with Crippen LogP contribution >= 0.6 is 11.6 Å². The lowest BCUT2D eigenvalue weighted by molar-refractivity contribution is 0.0122. The number of anilines is 1. The number of methoxy groups -OCH3 is 1. The average Bonchev–Trinajstić information content (AvgIpc) is 3.80. The molecule has 4 unspecified atom stereocenters. The summed E-state index contributed by atoms with van der Waals surface area (Å²) in [5, 5.41) is 0.0373. The summed E-state index contributed by atoms with van der Waals surface area (Å²) in [4.78, 5) is 33.0. The molecule has 5 heterocycles. The van der Waals surface area contributed by atoms with Crippen molar-refractivity contribution in [3.05, 3.63) is 11.0 Å². The van der Waals surface area contributed by atoms with Gasteiger partial charge in [0.1, 0.15) is 22.3 Å². The Morgan fingerprint density at radius 1 is 1.07 bits per heavy atom. The number of hydrogen-bond donors (Lipinski definition) is 0. The fraction of sp³-hybridized carbons (Fsp3) is 0.724. The van der Waals surface area contributed by atoms with Crippen LogP contribution in [-0.4, -0.2) is 95.0 Å². The zero-order chi connectivity index (χ0) is 28.7. The minimum Gasteiger partial charge on any atom is -0.480 e. The Bertz CT molecular complexity index is 1360. The molecule has 7 rings (SSSR count). The van der Waals surface area contributed by atoms with Crippen molar-refractivity contribution >= 4 is 34.4 Å². The number of carbonyl (C=O) groups excluding carboxylic acids is 1. The van der Waals surface area contributed by atoms with E-state index in [1.807, 2.05) is 25.7 Å². The van der Waals surface area contributed by atoms with Gasteiger partial charge in [-0.15, -0.1) is 0 Å². The topological polar surface area (TPSA) is 93.2 Å². The Kier molecular flexibility index (Phi) is 6.43. The molecule has 1 amide bonds. The highest BCUT2D eigenvalue weighted by Gasteiger charge is 2.51. The summed E-state index contributed by atoms with van der Waals surface area (Å²) in [5.41, 5.74) is -0.458. The number of rotatable bonds is 7. The molecule has 5 aliphatic rings. The van der Waals surface area contributed by atoms with Gasteiger partial charge in [0.2, 0.25) is 5.88 Å². The van der Waals surface area contributed by atoms with Gasteiger partial charge >= 0.3 is 12.1 Å². The van der Waals surface area contributed by atoms with E-state index in [1.165, 1.54) is 26.6 Å². The molecule has 0 spiro atoms. The van der Waals surface area contributed by atoms with Gasteiger partial charge in [0.25, 0.3) is 0 Å². The second-order valence-corrected chi connectivity index (χ2v) is 14.1. The number of ether oxygens (including phenoxy) is 3.